The number of nitrogens with zero attached hydrogens (tertiary/aromatic N) is 1. The lowest BCUT2D eigenvalue weighted by molar-refractivity contribution is 0.225. The van der Waals surface area contributed by atoms with Gasteiger partial charge < -0.3 is 0 Å². The van der Waals surface area contributed by atoms with Crippen LogP contribution >= 0.6 is 15.9 Å². The quantitative estimate of drug-likeness (QED) is 0.787. The zero-order valence-electron chi connectivity index (χ0n) is 10.4. The first kappa shape index (κ1) is 13.0. The Bertz CT molecular complexity index is 388. The number of halogens is 2. The van der Waals surface area contributed by atoms with Gasteiger partial charge in [-0.3, -0.25) is 4.90 Å². The van der Waals surface area contributed by atoms with Crippen LogP contribution in [0.3, 0.4) is 0 Å². The van der Waals surface area contributed by atoms with Crippen molar-refractivity contribution in [2.75, 3.05) is 6.54 Å². The van der Waals surface area contributed by atoms with Crippen LogP contribution in [0.15, 0.2) is 22.7 Å². The lowest BCUT2D eigenvalue weighted by Gasteiger charge is -2.24. The van der Waals surface area contributed by atoms with Crippen molar-refractivity contribution >= 4 is 15.9 Å². The van der Waals surface area contributed by atoms with Crippen molar-refractivity contribution in [3.05, 3.63) is 34.1 Å². The van der Waals surface area contributed by atoms with Crippen LogP contribution in [0.5, 0.6) is 0 Å². The summed E-state index contributed by atoms with van der Waals surface area (Å²) in [7, 11) is 0. The standard InChI is InChI=1S/C14H19BrFN/c1-10(2)8-17(12-6-7-12)9-11-4-3-5-13(16)14(11)15/h3-5,10,12H,6-9H2,1-2H3. The lowest BCUT2D eigenvalue weighted by Crippen LogP contribution is -2.29. The Balaban J connectivity index is 2.08. The van der Waals surface area contributed by atoms with Gasteiger partial charge in [-0.1, -0.05) is 26.0 Å². The van der Waals surface area contributed by atoms with E-state index in [1.54, 1.807) is 6.07 Å². The van der Waals surface area contributed by atoms with Crippen LogP contribution < -0.4 is 0 Å². The van der Waals surface area contributed by atoms with E-state index < -0.39 is 0 Å². The second-order valence-electron chi connectivity index (χ2n) is 5.27. The third-order valence-corrected chi connectivity index (χ3v) is 3.96. The molecule has 94 valence electrons. The molecule has 2 rings (SSSR count). The van der Waals surface area contributed by atoms with E-state index in [0.29, 0.717) is 16.4 Å². The predicted octanol–water partition coefficient (Wildman–Crippen LogP) is 4.21. The van der Waals surface area contributed by atoms with Crippen molar-refractivity contribution < 1.29 is 4.39 Å². The number of hydrogen-bond donors (Lipinski definition) is 0. The van der Waals surface area contributed by atoms with Gasteiger partial charge in [0.2, 0.25) is 0 Å². The Morgan fingerprint density at radius 1 is 1.41 bits per heavy atom. The van der Waals surface area contributed by atoms with Gasteiger partial charge in [0.05, 0.1) is 4.47 Å². The third-order valence-electron chi connectivity index (χ3n) is 3.07. The fraction of sp³-hybridized carbons (Fsp3) is 0.571. The molecule has 17 heavy (non-hydrogen) atoms. The summed E-state index contributed by atoms with van der Waals surface area (Å²) in [6.07, 6.45) is 2.58. The highest BCUT2D eigenvalue weighted by molar-refractivity contribution is 9.10. The molecule has 1 aromatic rings. The molecule has 1 fully saturated rings. The first-order chi connectivity index (χ1) is 8.08. The summed E-state index contributed by atoms with van der Waals surface area (Å²) in [5.74, 6) is 0.491. The van der Waals surface area contributed by atoms with Crippen molar-refractivity contribution in [1.29, 1.82) is 0 Å². The Morgan fingerprint density at radius 2 is 2.12 bits per heavy atom. The Hall–Kier alpha value is -0.410. The van der Waals surface area contributed by atoms with Gasteiger partial charge in [0.15, 0.2) is 0 Å². The van der Waals surface area contributed by atoms with Crippen molar-refractivity contribution in [3.8, 4) is 0 Å². The fourth-order valence-electron chi connectivity index (χ4n) is 2.14. The molecule has 0 N–H and O–H groups in total. The average molecular weight is 300 g/mol. The van der Waals surface area contributed by atoms with Crippen molar-refractivity contribution in [1.82, 2.24) is 4.90 Å². The van der Waals surface area contributed by atoms with E-state index in [-0.39, 0.29) is 5.82 Å². The van der Waals surface area contributed by atoms with Crippen molar-refractivity contribution in [3.63, 3.8) is 0 Å². The Morgan fingerprint density at radius 3 is 2.71 bits per heavy atom. The molecule has 1 saturated carbocycles. The van der Waals surface area contributed by atoms with E-state index in [0.717, 1.165) is 18.7 Å². The van der Waals surface area contributed by atoms with Crippen LogP contribution in [0.1, 0.15) is 32.3 Å². The lowest BCUT2D eigenvalue weighted by atomic mass is 10.1. The number of hydrogen-bond acceptors (Lipinski definition) is 1. The Kier molecular flexibility index (Phi) is 4.21. The van der Waals surface area contributed by atoms with Crippen LogP contribution in [-0.2, 0) is 6.54 Å². The minimum Gasteiger partial charge on any atom is -0.296 e. The molecule has 1 nitrogen and oxygen atoms in total. The van der Waals surface area contributed by atoms with Gasteiger partial charge >= 0.3 is 0 Å². The monoisotopic (exact) mass is 299 g/mol. The molecule has 0 amide bonds. The van der Waals surface area contributed by atoms with Gasteiger partial charge in [-0.25, -0.2) is 4.39 Å². The van der Waals surface area contributed by atoms with Crippen molar-refractivity contribution in [2.45, 2.75) is 39.3 Å². The van der Waals surface area contributed by atoms with Gasteiger partial charge in [-0.2, -0.15) is 0 Å². The summed E-state index contributed by atoms with van der Waals surface area (Å²) < 4.78 is 14.1. The van der Waals surface area contributed by atoms with Gasteiger partial charge in [-0.15, -0.1) is 0 Å². The maximum Gasteiger partial charge on any atom is 0.137 e. The predicted molar refractivity (Wildman–Crippen MR) is 72.4 cm³/mol. The van der Waals surface area contributed by atoms with E-state index in [2.05, 4.69) is 34.7 Å². The molecule has 1 aliphatic carbocycles. The summed E-state index contributed by atoms with van der Waals surface area (Å²) in [4.78, 5) is 2.48. The zero-order chi connectivity index (χ0) is 12.4. The van der Waals surface area contributed by atoms with Crippen LogP contribution in [-0.4, -0.2) is 17.5 Å². The third kappa shape index (κ3) is 3.52. The van der Waals surface area contributed by atoms with E-state index in [1.165, 1.54) is 18.9 Å². The molecular weight excluding hydrogens is 281 g/mol. The van der Waals surface area contributed by atoms with Gasteiger partial charge in [0, 0.05) is 19.1 Å². The smallest absolute Gasteiger partial charge is 0.137 e. The normalized spacial score (nSPS) is 15.9. The van der Waals surface area contributed by atoms with E-state index in [1.807, 2.05) is 6.07 Å². The second-order valence-corrected chi connectivity index (χ2v) is 6.06. The molecule has 0 saturated heterocycles. The number of rotatable bonds is 5. The molecule has 1 aromatic carbocycles. The second kappa shape index (κ2) is 5.49. The average Bonchev–Trinajstić information content (AvgIpc) is 3.06. The van der Waals surface area contributed by atoms with E-state index in [4.69, 9.17) is 0 Å². The molecule has 0 spiro atoms. The largest absolute Gasteiger partial charge is 0.296 e. The van der Waals surface area contributed by atoms with Crippen LogP contribution in [0, 0.1) is 11.7 Å². The highest BCUT2D eigenvalue weighted by Crippen LogP contribution is 2.31. The fourth-order valence-corrected chi connectivity index (χ4v) is 2.53. The van der Waals surface area contributed by atoms with Gasteiger partial charge in [-0.05, 0) is 46.3 Å². The molecule has 1 aliphatic rings. The summed E-state index contributed by atoms with van der Waals surface area (Å²) >= 11 is 3.34. The molecule has 0 atom stereocenters. The summed E-state index contributed by atoms with van der Waals surface area (Å²) in [6, 6.07) is 6.00. The first-order valence-corrected chi connectivity index (χ1v) is 7.04. The highest BCUT2D eigenvalue weighted by atomic mass is 79.9. The van der Waals surface area contributed by atoms with E-state index >= 15 is 0 Å². The van der Waals surface area contributed by atoms with E-state index in [9.17, 15) is 4.39 Å². The molecule has 0 aromatic heterocycles. The molecule has 3 heteroatoms. The highest BCUT2D eigenvalue weighted by Gasteiger charge is 2.29. The molecule has 0 bridgehead atoms. The Labute approximate surface area is 111 Å². The topological polar surface area (TPSA) is 3.24 Å². The SMILES string of the molecule is CC(C)CN(Cc1cccc(F)c1Br)C1CC1. The van der Waals surface area contributed by atoms with Gasteiger partial charge in [0.1, 0.15) is 5.82 Å². The molecule has 0 radical (unpaired) electrons. The summed E-state index contributed by atoms with van der Waals surface area (Å²) in [6.45, 7) is 6.40. The minimum absolute atomic E-state index is 0.164. The maximum absolute atomic E-state index is 13.4. The van der Waals surface area contributed by atoms with Crippen LogP contribution in [0.25, 0.3) is 0 Å². The molecule has 0 aliphatic heterocycles. The summed E-state index contributed by atoms with van der Waals surface area (Å²) in [5, 5.41) is 0. The number of benzene rings is 1. The molecular formula is C14H19BrFN. The van der Waals surface area contributed by atoms with Gasteiger partial charge in [0.25, 0.3) is 0 Å². The van der Waals surface area contributed by atoms with Crippen LogP contribution in [0.4, 0.5) is 4.39 Å². The summed E-state index contributed by atoms with van der Waals surface area (Å²) in [5.41, 5.74) is 1.05. The first-order valence-electron chi connectivity index (χ1n) is 6.25. The zero-order valence-corrected chi connectivity index (χ0v) is 12.0. The minimum atomic E-state index is -0.164. The molecule has 0 heterocycles. The maximum atomic E-state index is 13.4. The molecule has 0 unspecified atom stereocenters. The van der Waals surface area contributed by atoms with Crippen molar-refractivity contribution in [2.24, 2.45) is 5.92 Å². The van der Waals surface area contributed by atoms with Crippen LogP contribution in [0.2, 0.25) is 0 Å².